The Morgan fingerprint density at radius 3 is 2.53 bits per heavy atom. The lowest BCUT2D eigenvalue weighted by atomic mass is 10.1. The Morgan fingerprint density at radius 1 is 1.15 bits per heavy atom. The number of carboxylic acids is 1. The summed E-state index contributed by atoms with van der Waals surface area (Å²) in [6, 6.07) is 3.73. The highest BCUT2D eigenvalue weighted by Gasteiger charge is 2.35. The second-order valence-corrected chi connectivity index (χ2v) is 9.01. The van der Waals surface area contributed by atoms with Crippen molar-refractivity contribution in [3.63, 3.8) is 0 Å². The van der Waals surface area contributed by atoms with Crippen LogP contribution in [0.3, 0.4) is 0 Å². The topological polar surface area (TPSA) is 147 Å². The van der Waals surface area contributed by atoms with Gasteiger partial charge in [-0.2, -0.15) is 0 Å². The Hall–Kier alpha value is -3.58. The van der Waals surface area contributed by atoms with E-state index in [4.69, 9.17) is 10.8 Å². The molecule has 4 N–H and O–H groups in total. The summed E-state index contributed by atoms with van der Waals surface area (Å²) in [5.74, 6) is -5.68. The van der Waals surface area contributed by atoms with Gasteiger partial charge in [0.05, 0.1) is 11.3 Å². The molecule has 0 radical (unpaired) electrons. The standard InChI is InChI=1S/C21H17F2N3O6S2/c22-13-2-1-10(6-14(13)23)11-5-12(33-9-11)7-16-20(31)26(21(32)34-16)4-3-17(27)25-15(19(24)30)8-18(28)29/h1-2,5-7,9,15H,3-4,8H2,(H2,24,30)(H,25,27)(H,28,29)/t15-/m0/s1. The second-order valence-electron chi connectivity index (χ2n) is 7.07. The molecular weight excluding hydrogens is 492 g/mol. The lowest BCUT2D eigenvalue weighted by Gasteiger charge is -2.15. The van der Waals surface area contributed by atoms with Gasteiger partial charge in [-0.1, -0.05) is 6.07 Å². The molecule has 4 amide bonds. The highest BCUT2D eigenvalue weighted by molar-refractivity contribution is 8.18. The molecule has 0 spiro atoms. The van der Waals surface area contributed by atoms with Gasteiger partial charge in [0.25, 0.3) is 11.1 Å². The number of aliphatic carboxylic acids is 1. The van der Waals surface area contributed by atoms with Crippen molar-refractivity contribution in [3.8, 4) is 11.1 Å². The average Bonchev–Trinajstić information content (AvgIpc) is 3.32. The zero-order valence-corrected chi connectivity index (χ0v) is 18.9. The smallest absolute Gasteiger partial charge is 0.305 e. The zero-order valence-electron chi connectivity index (χ0n) is 17.2. The third-order valence-electron chi connectivity index (χ3n) is 4.64. The van der Waals surface area contributed by atoms with Crippen LogP contribution < -0.4 is 11.1 Å². The van der Waals surface area contributed by atoms with Gasteiger partial charge in [-0.15, -0.1) is 11.3 Å². The minimum atomic E-state index is -1.41. The van der Waals surface area contributed by atoms with Crippen LogP contribution in [0.2, 0.25) is 0 Å². The Kier molecular flexibility index (Phi) is 7.79. The zero-order chi connectivity index (χ0) is 25.0. The number of halogens is 2. The third kappa shape index (κ3) is 6.05. The molecule has 2 aromatic rings. The molecular formula is C21H17F2N3O6S2. The minimum Gasteiger partial charge on any atom is -0.481 e. The number of carbonyl (C=O) groups is 5. The molecule has 13 heteroatoms. The molecule has 34 heavy (non-hydrogen) atoms. The van der Waals surface area contributed by atoms with E-state index >= 15 is 0 Å². The van der Waals surface area contributed by atoms with Crippen molar-refractivity contribution in [2.75, 3.05) is 6.54 Å². The average molecular weight is 510 g/mol. The molecule has 2 heterocycles. The number of nitrogens with one attached hydrogen (secondary N) is 1. The molecule has 178 valence electrons. The number of hydrogen-bond donors (Lipinski definition) is 3. The maximum atomic E-state index is 13.5. The number of primary amides is 1. The van der Waals surface area contributed by atoms with Gasteiger partial charge in [0.15, 0.2) is 11.6 Å². The van der Waals surface area contributed by atoms with Gasteiger partial charge in [0, 0.05) is 17.8 Å². The summed E-state index contributed by atoms with van der Waals surface area (Å²) >= 11 is 1.91. The van der Waals surface area contributed by atoms with E-state index in [-0.39, 0.29) is 17.9 Å². The first kappa shape index (κ1) is 25.1. The number of carbonyl (C=O) groups excluding carboxylic acids is 4. The van der Waals surface area contributed by atoms with Gasteiger partial charge in [-0.3, -0.25) is 28.9 Å². The first-order valence-electron chi connectivity index (χ1n) is 9.65. The molecule has 1 aromatic heterocycles. The van der Waals surface area contributed by atoms with Crippen LogP contribution >= 0.6 is 23.1 Å². The fourth-order valence-corrected chi connectivity index (χ4v) is 4.73. The van der Waals surface area contributed by atoms with Crippen LogP contribution in [-0.2, 0) is 19.2 Å². The largest absolute Gasteiger partial charge is 0.481 e. The van der Waals surface area contributed by atoms with E-state index in [9.17, 15) is 32.8 Å². The van der Waals surface area contributed by atoms with Gasteiger partial charge in [-0.05, 0) is 52.5 Å². The Balaban J connectivity index is 1.64. The number of amides is 4. The number of thioether (sulfide) groups is 1. The molecule has 0 aliphatic carbocycles. The van der Waals surface area contributed by atoms with Crippen molar-refractivity contribution in [2.45, 2.75) is 18.9 Å². The fraction of sp³-hybridized carbons (Fsp3) is 0.190. The van der Waals surface area contributed by atoms with E-state index in [0.717, 1.165) is 17.0 Å². The van der Waals surface area contributed by atoms with Gasteiger partial charge in [-0.25, -0.2) is 8.78 Å². The van der Waals surface area contributed by atoms with Gasteiger partial charge in [0.1, 0.15) is 6.04 Å². The molecule has 9 nitrogen and oxygen atoms in total. The van der Waals surface area contributed by atoms with E-state index in [0.29, 0.717) is 27.8 Å². The predicted molar refractivity (Wildman–Crippen MR) is 120 cm³/mol. The van der Waals surface area contributed by atoms with Crippen LogP contribution in [0.4, 0.5) is 13.6 Å². The van der Waals surface area contributed by atoms with Gasteiger partial charge >= 0.3 is 5.97 Å². The summed E-state index contributed by atoms with van der Waals surface area (Å²) in [7, 11) is 0. The van der Waals surface area contributed by atoms with Crippen molar-refractivity contribution in [3.05, 3.63) is 51.1 Å². The molecule has 1 aromatic carbocycles. The first-order valence-corrected chi connectivity index (χ1v) is 11.3. The van der Waals surface area contributed by atoms with Crippen LogP contribution in [-0.4, -0.2) is 51.5 Å². The summed E-state index contributed by atoms with van der Waals surface area (Å²) in [6.07, 6.45) is 0.432. The number of carboxylic acid groups (broad SMARTS) is 1. The van der Waals surface area contributed by atoms with Crippen LogP contribution in [0, 0.1) is 11.6 Å². The van der Waals surface area contributed by atoms with Crippen molar-refractivity contribution in [1.82, 2.24) is 10.2 Å². The van der Waals surface area contributed by atoms with Crippen molar-refractivity contribution in [2.24, 2.45) is 5.73 Å². The molecule has 1 atom stereocenters. The molecule has 1 aliphatic heterocycles. The lowest BCUT2D eigenvalue weighted by Crippen LogP contribution is -2.46. The summed E-state index contributed by atoms with van der Waals surface area (Å²) in [4.78, 5) is 60.5. The predicted octanol–water partition coefficient (Wildman–Crippen LogP) is 2.56. The Labute approximate surface area is 199 Å². The Morgan fingerprint density at radius 2 is 1.88 bits per heavy atom. The van der Waals surface area contributed by atoms with E-state index in [2.05, 4.69) is 5.32 Å². The van der Waals surface area contributed by atoms with Crippen LogP contribution in [0.15, 0.2) is 34.6 Å². The highest BCUT2D eigenvalue weighted by Crippen LogP contribution is 2.35. The first-order chi connectivity index (χ1) is 16.0. The van der Waals surface area contributed by atoms with E-state index in [1.165, 1.54) is 23.5 Å². The minimum absolute atomic E-state index is 0.116. The molecule has 1 aliphatic rings. The highest BCUT2D eigenvalue weighted by atomic mass is 32.2. The van der Waals surface area contributed by atoms with E-state index in [1.54, 1.807) is 11.4 Å². The van der Waals surface area contributed by atoms with Crippen molar-refractivity contribution >= 4 is 58.1 Å². The quantitative estimate of drug-likeness (QED) is 0.440. The molecule has 1 fully saturated rings. The van der Waals surface area contributed by atoms with Crippen LogP contribution in [0.1, 0.15) is 17.7 Å². The SMILES string of the molecule is NC(=O)[C@H](CC(=O)O)NC(=O)CCN1C(=O)SC(=Cc2cc(-c3ccc(F)c(F)c3)cs2)C1=O. The van der Waals surface area contributed by atoms with E-state index in [1.807, 2.05) is 0 Å². The summed E-state index contributed by atoms with van der Waals surface area (Å²) < 4.78 is 26.6. The molecule has 0 unspecified atom stereocenters. The van der Waals surface area contributed by atoms with Crippen molar-refractivity contribution < 1.29 is 37.9 Å². The van der Waals surface area contributed by atoms with E-state index < -0.39 is 53.0 Å². The monoisotopic (exact) mass is 509 g/mol. The number of thiophene rings is 1. The third-order valence-corrected chi connectivity index (χ3v) is 6.43. The number of nitrogens with zero attached hydrogens (tertiary/aromatic N) is 1. The maximum Gasteiger partial charge on any atom is 0.305 e. The summed E-state index contributed by atoms with van der Waals surface area (Å²) in [5.41, 5.74) is 6.12. The van der Waals surface area contributed by atoms with Gasteiger partial charge < -0.3 is 16.2 Å². The molecule has 1 saturated heterocycles. The molecule has 0 bridgehead atoms. The van der Waals surface area contributed by atoms with Crippen molar-refractivity contribution in [1.29, 1.82) is 0 Å². The summed E-state index contributed by atoms with van der Waals surface area (Å²) in [5, 5.41) is 12.0. The second kappa shape index (κ2) is 10.6. The fourth-order valence-electron chi connectivity index (χ4n) is 2.95. The number of benzene rings is 1. The molecule has 3 rings (SSSR count). The summed E-state index contributed by atoms with van der Waals surface area (Å²) in [6.45, 7) is -0.281. The number of nitrogens with two attached hydrogens (primary N) is 1. The van der Waals surface area contributed by atoms with Crippen LogP contribution in [0.25, 0.3) is 17.2 Å². The number of rotatable bonds is 9. The lowest BCUT2D eigenvalue weighted by molar-refractivity contribution is -0.140. The van der Waals surface area contributed by atoms with Gasteiger partial charge in [0.2, 0.25) is 11.8 Å². The maximum absolute atomic E-state index is 13.5. The van der Waals surface area contributed by atoms with Crippen LogP contribution in [0.5, 0.6) is 0 Å². The molecule has 0 saturated carbocycles. The normalized spacial score (nSPS) is 15.6. The number of imide groups is 1. The number of hydrogen-bond acceptors (Lipinski definition) is 7. The Bertz CT molecular complexity index is 1210.